The van der Waals surface area contributed by atoms with Crippen molar-refractivity contribution < 1.29 is 21.5 Å². The standard InChI is InChI=1S/C17H14I2N3/c18-17-10-20-15-6-5-14(9-16(15)21-17)19-22-8-7-12-3-1-2-4-13(12)11-22/h1-6,9-10H,7-8,11H2/q-1. The maximum atomic E-state index is 4.59. The van der Waals surface area contributed by atoms with Gasteiger partial charge in [-0.25, -0.2) is 0 Å². The fourth-order valence-corrected chi connectivity index (χ4v) is 5.67. The van der Waals surface area contributed by atoms with Crippen molar-refractivity contribution in [3.05, 3.63) is 67.1 Å². The quantitative estimate of drug-likeness (QED) is 0.368. The average molecular weight is 514 g/mol. The second kappa shape index (κ2) is 6.37. The second-order valence-corrected chi connectivity index (χ2v) is 9.47. The summed E-state index contributed by atoms with van der Waals surface area (Å²) in [5.74, 6) is 0. The fourth-order valence-electron chi connectivity index (χ4n) is 2.69. The van der Waals surface area contributed by atoms with Gasteiger partial charge in [0.1, 0.15) is 0 Å². The third-order valence-corrected chi connectivity index (χ3v) is 7.03. The van der Waals surface area contributed by atoms with Crippen LogP contribution in [0.15, 0.2) is 48.7 Å². The van der Waals surface area contributed by atoms with Crippen LogP contribution in [-0.4, -0.2) is 19.6 Å². The molecule has 0 unspecified atom stereocenters. The Balaban J connectivity index is 1.57. The van der Waals surface area contributed by atoms with Gasteiger partial charge in [-0.15, -0.1) is 0 Å². The summed E-state index contributed by atoms with van der Waals surface area (Å²) in [7, 11) is 0. The van der Waals surface area contributed by atoms with Crippen molar-refractivity contribution in [3.63, 3.8) is 0 Å². The third kappa shape index (κ3) is 3.11. The summed E-state index contributed by atoms with van der Waals surface area (Å²) in [6.07, 6.45) is 2.99. The van der Waals surface area contributed by atoms with Crippen molar-refractivity contribution in [2.45, 2.75) is 13.0 Å². The molecule has 0 N–H and O–H groups in total. The Bertz CT molecular complexity index is 835. The number of halogens is 2. The van der Waals surface area contributed by atoms with Gasteiger partial charge in [0.05, 0.1) is 0 Å². The van der Waals surface area contributed by atoms with Crippen LogP contribution in [0.4, 0.5) is 0 Å². The van der Waals surface area contributed by atoms with Crippen molar-refractivity contribution in [2.75, 3.05) is 6.54 Å². The van der Waals surface area contributed by atoms with E-state index >= 15 is 0 Å². The summed E-state index contributed by atoms with van der Waals surface area (Å²) in [6.45, 7) is 2.25. The summed E-state index contributed by atoms with van der Waals surface area (Å²) >= 11 is 2.08. The van der Waals surface area contributed by atoms with Gasteiger partial charge in [-0.05, 0) is 0 Å². The van der Waals surface area contributed by atoms with Crippen LogP contribution in [0.25, 0.3) is 11.0 Å². The molecule has 112 valence electrons. The molecule has 0 atom stereocenters. The molecule has 4 rings (SSSR count). The van der Waals surface area contributed by atoms with E-state index in [0.29, 0.717) is 0 Å². The number of benzene rings is 2. The van der Waals surface area contributed by atoms with Crippen molar-refractivity contribution in [2.24, 2.45) is 0 Å². The molecule has 22 heavy (non-hydrogen) atoms. The van der Waals surface area contributed by atoms with Crippen LogP contribution in [0, 0.1) is 7.27 Å². The Hall–Kier alpha value is -0.800. The van der Waals surface area contributed by atoms with Crippen LogP contribution in [0.3, 0.4) is 0 Å². The number of aromatic nitrogens is 2. The van der Waals surface area contributed by atoms with E-state index < -0.39 is 0 Å². The normalized spacial score (nSPS) is 15.1. The molecule has 1 aliphatic heterocycles. The molecular formula is C17H14I2N3-. The van der Waals surface area contributed by atoms with Crippen LogP contribution in [0.2, 0.25) is 0 Å². The second-order valence-electron chi connectivity index (χ2n) is 5.27. The predicted molar refractivity (Wildman–Crippen MR) is 91.5 cm³/mol. The molecule has 0 saturated carbocycles. The van der Waals surface area contributed by atoms with Crippen LogP contribution in [-0.2, 0) is 13.0 Å². The van der Waals surface area contributed by atoms with E-state index in [1.54, 1.807) is 0 Å². The number of hydrogen-bond acceptors (Lipinski definition) is 3. The third-order valence-electron chi connectivity index (χ3n) is 3.78. The summed E-state index contributed by atoms with van der Waals surface area (Å²) < 4.78 is 4.98. The van der Waals surface area contributed by atoms with E-state index in [1.807, 2.05) is 6.20 Å². The molecular weight excluding hydrogens is 500 g/mol. The maximum absolute atomic E-state index is 4.59. The molecule has 3 aromatic rings. The zero-order chi connectivity index (χ0) is 14.9. The summed E-state index contributed by atoms with van der Waals surface area (Å²) in [4.78, 5) is 9.02. The van der Waals surface area contributed by atoms with Gasteiger partial charge in [-0.2, -0.15) is 0 Å². The van der Waals surface area contributed by atoms with Crippen LogP contribution < -0.4 is 21.5 Å². The van der Waals surface area contributed by atoms with Gasteiger partial charge in [-0.3, -0.25) is 0 Å². The predicted octanol–water partition coefficient (Wildman–Crippen LogP) is 0.466. The number of nitrogens with zero attached hydrogens (tertiary/aromatic N) is 3. The molecule has 1 aromatic heterocycles. The Kier molecular flexibility index (Phi) is 4.27. The SMILES string of the molecule is Ic1cnc2ccc([I-]N3CCc4ccccc4C3)cc2n1. The van der Waals surface area contributed by atoms with Gasteiger partial charge in [0.25, 0.3) is 0 Å². The molecule has 0 bridgehead atoms. The van der Waals surface area contributed by atoms with E-state index in [4.69, 9.17) is 0 Å². The monoisotopic (exact) mass is 514 g/mol. The zero-order valence-electron chi connectivity index (χ0n) is 11.8. The first-order chi connectivity index (χ1) is 10.8. The summed E-state index contributed by atoms with van der Waals surface area (Å²) in [5.41, 5.74) is 5.00. The molecule has 0 aliphatic carbocycles. The van der Waals surface area contributed by atoms with E-state index in [9.17, 15) is 0 Å². The average Bonchev–Trinajstić information content (AvgIpc) is 2.54. The van der Waals surface area contributed by atoms with E-state index in [-0.39, 0.29) is 21.5 Å². The summed E-state index contributed by atoms with van der Waals surface area (Å²) in [6, 6.07) is 15.4. The number of fused-ring (bicyclic) bond motifs is 2. The molecule has 3 nitrogen and oxygen atoms in total. The van der Waals surface area contributed by atoms with E-state index in [1.165, 1.54) is 27.7 Å². The van der Waals surface area contributed by atoms with E-state index in [0.717, 1.165) is 21.3 Å². The molecule has 0 saturated heterocycles. The fraction of sp³-hybridized carbons (Fsp3) is 0.176. The van der Waals surface area contributed by atoms with Gasteiger partial charge in [-0.1, -0.05) is 0 Å². The molecule has 0 fully saturated rings. The molecule has 0 radical (unpaired) electrons. The Morgan fingerprint density at radius 1 is 1.05 bits per heavy atom. The Labute approximate surface area is 153 Å². The molecule has 2 heterocycles. The van der Waals surface area contributed by atoms with Gasteiger partial charge in [0, 0.05) is 0 Å². The van der Waals surface area contributed by atoms with Crippen LogP contribution in [0.1, 0.15) is 11.1 Å². The molecule has 0 amide bonds. The number of rotatable bonds is 2. The first-order valence-electron chi connectivity index (χ1n) is 7.17. The first kappa shape index (κ1) is 14.8. The van der Waals surface area contributed by atoms with E-state index in [2.05, 4.69) is 78.1 Å². The van der Waals surface area contributed by atoms with Gasteiger partial charge in [0.2, 0.25) is 0 Å². The van der Waals surface area contributed by atoms with Gasteiger partial charge in [0.15, 0.2) is 0 Å². The minimum atomic E-state index is -0.142. The Morgan fingerprint density at radius 2 is 1.91 bits per heavy atom. The summed E-state index contributed by atoms with van der Waals surface area (Å²) in [5, 5.41) is 0. The van der Waals surface area contributed by atoms with Crippen LogP contribution >= 0.6 is 22.6 Å². The molecule has 2 aromatic carbocycles. The Morgan fingerprint density at radius 3 is 2.82 bits per heavy atom. The number of hydrogen-bond donors (Lipinski definition) is 0. The van der Waals surface area contributed by atoms with Crippen molar-refractivity contribution in [1.82, 2.24) is 13.1 Å². The van der Waals surface area contributed by atoms with Gasteiger partial charge < -0.3 is 0 Å². The molecule has 1 aliphatic rings. The molecule has 0 spiro atoms. The van der Waals surface area contributed by atoms with Crippen molar-refractivity contribution in [1.29, 1.82) is 0 Å². The van der Waals surface area contributed by atoms with Crippen LogP contribution in [0.5, 0.6) is 0 Å². The first-order valence-corrected chi connectivity index (χ1v) is 10.3. The topological polar surface area (TPSA) is 29.0 Å². The van der Waals surface area contributed by atoms with Crippen molar-refractivity contribution >= 4 is 33.6 Å². The van der Waals surface area contributed by atoms with Gasteiger partial charge >= 0.3 is 155 Å². The zero-order valence-corrected chi connectivity index (χ0v) is 16.2. The molecule has 5 heteroatoms. The van der Waals surface area contributed by atoms with Crippen molar-refractivity contribution in [3.8, 4) is 0 Å². The minimum absolute atomic E-state index is 0.142.